The van der Waals surface area contributed by atoms with Gasteiger partial charge in [0.05, 0.1) is 36.0 Å². The van der Waals surface area contributed by atoms with E-state index in [9.17, 15) is 9.59 Å². The molecule has 0 saturated carbocycles. The third-order valence-electron chi connectivity index (χ3n) is 5.30. The van der Waals surface area contributed by atoms with E-state index in [4.69, 9.17) is 21.1 Å². The Bertz CT molecular complexity index is 1170. The summed E-state index contributed by atoms with van der Waals surface area (Å²) < 4.78 is 12.0. The monoisotopic (exact) mass is 499 g/mol. The fraction of sp³-hybridized carbons (Fsp3) is 0.320. The molecule has 9 heteroatoms. The normalized spacial score (nSPS) is 15.0. The minimum Gasteiger partial charge on any atom is -0.490 e. The van der Waals surface area contributed by atoms with Gasteiger partial charge in [-0.25, -0.2) is 4.98 Å². The number of halogens is 1. The summed E-state index contributed by atoms with van der Waals surface area (Å²) in [5, 5.41) is 6.10. The van der Waals surface area contributed by atoms with Gasteiger partial charge in [0.25, 0.3) is 0 Å². The maximum atomic E-state index is 13.0. The number of nitrogens with one attached hydrogen (secondary N) is 1. The van der Waals surface area contributed by atoms with E-state index in [1.807, 2.05) is 36.6 Å². The van der Waals surface area contributed by atoms with Crippen LogP contribution in [0.5, 0.6) is 17.2 Å². The maximum Gasteiger partial charge on any atom is 0.244 e. The van der Waals surface area contributed by atoms with Gasteiger partial charge >= 0.3 is 0 Å². The number of ether oxygens (including phenoxy) is 2. The summed E-state index contributed by atoms with van der Waals surface area (Å²) in [4.78, 5) is 31.9. The molecule has 3 aromatic rings. The molecule has 0 bridgehead atoms. The van der Waals surface area contributed by atoms with E-state index in [0.29, 0.717) is 41.1 Å². The summed E-state index contributed by atoms with van der Waals surface area (Å²) in [6.45, 7) is 2.84. The predicted octanol–water partition coefficient (Wildman–Crippen LogP) is 5.47. The number of aryl methyl sites for hydroxylation is 1. The van der Waals surface area contributed by atoms with Crippen LogP contribution in [0, 0.1) is 6.92 Å². The number of fused-ring (bicyclic) bond motifs is 2. The summed E-state index contributed by atoms with van der Waals surface area (Å²) in [6, 6.07) is 12.4. The Kier molecular flexibility index (Phi) is 8.03. The van der Waals surface area contributed by atoms with Crippen molar-refractivity contribution in [1.82, 2.24) is 9.88 Å². The van der Waals surface area contributed by atoms with E-state index in [1.54, 1.807) is 23.1 Å². The Morgan fingerprint density at radius 2 is 1.97 bits per heavy atom. The molecule has 1 N–H and O–H groups in total. The van der Waals surface area contributed by atoms with E-state index in [1.165, 1.54) is 11.3 Å². The van der Waals surface area contributed by atoms with Gasteiger partial charge in [-0.3, -0.25) is 9.59 Å². The lowest BCUT2D eigenvalue weighted by Gasteiger charge is -2.22. The molecule has 0 saturated heterocycles. The molecular weight excluding hydrogens is 474 g/mol. The first-order chi connectivity index (χ1) is 16.5. The topological polar surface area (TPSA) is 80.8 Å². The average molecular weight is 500 g/mol. The van der Waals surface area contributed by atoms with Crippen LogP contribution in [0.4, 0.5) is 5.69 Å². The lowest BCUT2D eigenvalue weighted by Crippen LogP contribution is -2.39. The van der Waals surface area contributed by atoms with Gasteiger partial charge in [0.1, 0.15) is 0 Å². The first-order valence-corrected chi connectivity index (χ1v) is 12.4. The van der Waals surface area contributed by atoms with Gasteiger partial charge in [-0.05, 0) is 56.5 Å². The second kappa shape index (κ2) is 11.4. The number of aromatic nitrogens is 1. The van der Waals surface area contributed by atoms with E-state index in [-0.39, 0.29) is 24.8 Å². The highest BCUT2D eigenvalue weighted by Crippen LogP contribution is 2.36. The van der Waals surface area contributed by atoms with E-state index < -0.39 is 0 Å². The lowest BCUT2D eigenvalue weighted by atomic mass is 10.2. The van der Waals surface area contributed by atoms with Crippen molar-refractivity contribution < 1.29 is 19.1 Å². The number of rotatable bonds is 2. The molecule has 1 aromatic heterocycles. The number of benzene rings is 2. The van der Waals surface area contributed by atoms with Crippen LogP contribution in [0.1, 0.15) is 30.0 Å². The molecule has 2 heterocycles. The summed E-state index contributed by atoms with van der Waals surface area (Å²) >= 11 is 7.69. The largest absolute Gasteiger partial charge is 0.490 e. The minimum absolute atomic E-state index is 0.0685. The van der Waals surface area contributed by atoms with Gasteiger partial charge in [0.2, 0.25) is 11.8 Å². The molecule has 1 aliphatic heterocycles. The third-order valence-corrected chi connectivity index (χ3v) is 6.36. The number of anilines is 1. The van der Waals surface area contributed by atoms with Crippen LogP contribution in [-0.4, -0.2) is 41.4 Å². The van der Waals surface area contributed by atoms with Crippen LogP contribution < -0.4 is 14.8 Å². The molecule has 2 amide bonds. The Hall–Kier alpha value is -3.10. The highest BCUT2D eigenvalue weighted by atomic mass is 35.5. The molecule has 178 valence electrons. The minimum atomic E-state index is -0.325. The fourth-order valence-corrected chi connectivity index (χ4v) is 4.42. The molecule has 0 fully saturated rings. The van der Waals surface area contributed by atoms with Crippen LogP contribution >= 0.6 is 22.9 Å². The van der Waals surface area contributed by atoms with E-state index in [2.05, 4.69) is 10.3 Å². The molecule has 0 radical (unpaired) electrons. The fourth-order valence-electron chi connectivity index (χ4n) is 3.64. The van der Waals surface area contributed by atoms with Crippen LogP contribution in [0.2, 0.25) is 5.02 Å². The maximum absolute atomic E-state index is 13.0. The summed E-state index contributed by atoms with van der Waals surface area (Å²) in [5.74, 6) is 1.15. The first kappa shape index (κ1) is 24.0. The predicted molar refractivity (Wildman–Crippen MR) is 133 cm³/mol. The molecular formula is C25H26ClN3O4S. The zero-order valence-electron chi connectivity index (χ0n) is 18.9. The molecule has 0 atom stereocenters. The molecule has 4 rings (SSSR count). The summed E-state index contributed by atoms with van der Waals surface area (Å²) in [6.07, 6.45) is 2.61. The van der Waals surface area contributed by atoms with Crippen molar-refractivity contribution in [2.45, 2.75) is 32.6 Å². The van der Waals surface area contributed by atoms with Gasteiger partial charge < -0.3 is 19.7 Å². The van der Waals surface area contributed by atoms with E-state index >= 15 is 0 Å². The second-order valence-electron chi connectivity index (χ2n) is 8.00. The number of para-hydroxylation sites is 2. The third kappa shape index (κ3) is 6.48. The number of carbonyl (C=O) groups excluding carboxylic acids is 2. The zero-order chi connectivity index (χ0) is 23.9. The van der Waals surface area contributed by atoms with Gasteiger partial charge in [0.15, 0.2) is 17.2 Å². The van der Waals surface area contributed by atoms with Crippen LogP contribution in [0.15, 0.2) is 47.8 Å². The summed E-state index contributed by atoms with van der Waals surface area (Å²) in [5.41, 5.74) is 1.14. The van der Waals surface area contributed by atoms with Crippen molar-refractivity contribution in [3.05, 3.63) is 63.6 Å². The lowest BCUT2D eigenvalue weighted by molar-refractivity contribution is -0.134. The standard InChI is InChI=1S/C25H26ClN3O4S/c1-17-27-19(16-34-17)14-25(31)29-11-5-2-6-12-32-22-7-3-4-8-23(22)33-21-10-9-18(26)13-20(21)28-24(30)15-29/h3-4,7-10,13,16H,2,5-6,11-12,14-15H2,1H3,(H,28,30). The van der Waals surface area contributed by atoms with Crippen molar-refractivity contribution in [1.29, 1.82) is 0 Å². The molecule has 0 aliphatic carbocycles. The number of hydrogen-bond acceptors (Lipinski definition) is 6. The van der Waals surface area contributed by atoms with Crippen molar-refractivity contribution in [2.24, 2.45) is 0 Å². The molecule has 0 spiro atoms. The zero-order valence-corrected chi connectivity index (χ0v) is 20.5. The number of nitrogens with zero attached hydrogens (tertiary/aromatic N) is 2. The van der Waals surface area contributed by atoms with Crippen molar-refractivity contribution in [2.75, 3.05) is 25.0 Å². The Morgan fingerprint density at radius 3 is 2.76 bits per heavy atom. The molecule has 0 unspecified atom stereocenters. The van der Waals surface area contributed by atoms with Crippen LogP contribution in [0.3, 0.4) is 0 Å². The van der Waals surface area contributed by atoms with Gasteiger partial charge in [-0.2, -0.15) is 0 Å². The van der Waals surface area contributed by atoms with Crippen LogP contribution in [0.25, 0.3) is 0 Å². The Labute approximate surface area is 207 Å². The second-order valence-corrected chi connectivity index (χ2v) is 9.50. The highest BCUT2D eigenvalue weighted by molar-refractivity contribution is 7.09. The van der Waals surface area contributed by atoms with Gasteiger partial charge in [-0.1, -0.05) is 23.7 Å². The molecule has 34 heavy (non-hydrogen) atoms. The number of hydrogen-bond donors (Lipinski definition) is 1. The van der Waals surface area contributed by atoms with Crippen molar-refractivity contribution in [3.8, 4) is 17.2 Å². The number of amides is 2. The molecule has 1 aliphatic rings. The van der Waals surface area contributed by atoms with Crippen molar-refractivity contribution in [3.63, 3.8) is 0 Å². The first-order valence-electron chi connectivity index (χ1n) is 11.2. The van der Waals surface area contributed by atoms with E-state index in [0.717, 1.165) is 30.0 Å². The average Bonchev–Trinajstić information content (AvgIpc) is 3.21. The molecule has 7 nitrogen and oxygen atoms in total. The SMILES string of the molecule is Cc1nc(CC(=O)N2CCCCCOc3ccccc3Oc3ccc(Cl)cc3NC(=O)C2)cs1. The Morgan fingerprint density at radius 1 is 1.15 bits per heavy atom. The number of thiazole rings is 1. The van der Waals surface area contributed by atoms with Gasteiger partial charge in [0, 0.05) is 16.9 Å². The number of carbonyl (C=O) groups is 2. The smallest absolute Gasteiger partial charge is 0.244 e. The van der Waals surface area contributed by atoms with Gasteiger partial charge in [-0.15, -0.1) is 11.3 Å². The quantitative estimate of drug-likeness (QED) is 0.505. The molecule has 2 aromatic carbocycles. The summed E-state index contributed by atoms with van der Waals surface area (Å²) in [7, 11) is 0. The highest BCUT2D eigenvalue weighted by Gasteiger charge is 2.20. The van der Waals surface area contributed by atoms with Crippen LogP contribution in [-0.2, 0) is 16.0 Å². The Balaban J connectivity index is 1.56. The van der Waals surface area contributed by atoms with Crippen molar-refractivity contribution >= 4 is 40.4 Å².